The molecule has 1 aromatic carbocycles. The number of nitrogens with one attached hydrogen (secondary N) is 1. The summed E-state index contributed by atoms with van der Waals surface area (Å²) in [7, 11) is 0. The molecule has 1 aliphatic heterocycles. The highest BCUT2D eigenvalue weighted by Gasteiger charge is 2.22. The van der Waals surface area contributed by atoms with Gasteiger partial charge in [-0.05, 0) is 24.6 Å². The predicted octanol–water partition coefficient (Wildman–Crippen LogP) is 1.77. The molecule has 2 heterocycles. The Hall–Kier alpha value is -1.79. The molecule has 1 aliphatic rings. The first-order chi connectivity index (χ1) is 10.2. The molecule has 0 aliphatic carbocycles. The lowest BCUT2D eigenvalue weighted by atomic mass is 10.1. The number of nitrogens with zero attached hydrogens (tertiary/aromatic N) is 3. The summed E-state index contributed by atoms with van der Waals surface area (Å²) in [6.45, 7) is 6.02. The second kappa shape index (κ2) is 6.32. The van der Waals surface area contributed by atoms with E-state index in [1.54, 1.807) is 6.07 Å². The number of hydrogen-bond acceptors (Lipinski definition) is 5. The molecule has 5 nitrogen and oxygen atoms in total. The number of halogens is 1. The average molecular weight is 290 g/mol. The molecule has 1 unspecified atom stereocenters. The smallest absolute Gasteiger partial charge is 0.231 e. The van der Waals surface area contributed by atoms with E-state index in [1.807, 2.05) is 6.07 Å². The number of aromatic nitrogens is 2. The molecule has 112 valence electrons. The molecule has 1 fully saturated rings. The third kappa shape index (κ3) is 3.46. The van der Waals surface area contributed by atoms with E-state index in [0.717, 1.165) is 31.7 Å². The molecule has 3 rings (SSSR count). The van der Waals surface area contributed by atoms with Crippen molar-refractivity contribution in [2.75, 3.05) is 26.2 Å². The Bertz CT molecular complexity index is 595. The van der Waals surface area contributed by atoms with Crippen molar-refractivity contribution in [1.82, 2.24) is 20.4 Å². The fraction of sp³-hybridized carbons (Fsp3) is 0.467. The van der Waals surface area contributed by atoms with Crippen molar-refractivity contribution < 1.29 is 8.91 Å². The SMILES string of the molecule is CC(c1noc(Cc2cccc(F)c2)n1)N1CCNCC1. The van der Waals surface area contributed by atoms with Gasteiger partial charge in [-0.1, -0.05) is 17.3 Å². The van der Waals surface area contributed by atoms with Gasteiger partial charge in [0.25, 0.3) is 0 Å². The summed E-state index contributed by atoms with van der Waals surface area (Å²) in [5.74, 6) is 0.974. The highest BCUT2D eigenvalue weighted by Crippen LogP contribution is 2.18. The van der Waals surface area contributed by atoms with Crippen molar-refractivity contribution >= 4 is 0 Å². The fourth-order valence-electron chi connectivity index (χ4n) is 2.56. The van der Waals surface area contributed by atoms with Gasteiger partial charge in [-0.3, -0.25) is 4.90 Å². The van der Waals surface area contributed by atoms with Crippen LogP contribution in [0.25, 0.3) is 0 Å². The topological polar surface area (TPSA) is 54.2 Å². The maximum absolute atomic E-state index is 13.2. The second-order valence-corrected chi connectivity index (χ2v) is 5.31. The summed E-state index contributed by atoms with van der Waals surface area (Å²) >= 11 is 0. The van der Waals surface area contributed by atoms with Crippen LogP contribution in [0.4, 0.5) is 4.39 Å². The molecule has 1 atom stereocenters. The van der Waals surface area contributed by atoms with Gasteiger partial charge < -0.3 is 9.84 Å². The van der Waals surface area contributed by atoms with Crippen molar-refractivity contribution in [1.29, 1.82) is 0 Å². The van der Waals surface area contributed by atoms with Gasteiger partial charge in [-0.2, -0.15) is 4.98 Å². The number of rotatable bonds is 4. The van der Waals surface area contributed by atoms with E-state index in [0.29, 0.717) is 18.1 Å². The van der Waals surface area contributed by atoms with E-state index in [1.165, 1.54) is 12.1 Å². The summed E-state index contributed by atoms with van der Waals surface area (Å²) in [6, 6.07) is 6.59. The second-order valence-electron chi connectivity index (χ2n) is 5.31. The van der Waals surface area contributed by atoms with Crippen molar-refractivity contribution in [3.05, 3.63) is 47.4 Å². The maximum Gasteiger partial charge on any atom is 0.231 e. The Morgan fingerprint density at radius 1 is 1.38 bits per heavy atom. The minimum Gasteiger partial charge on any atom is -0.339 e. The summed E-state index contributed by atoms with van der Waals surface area (Å²) in [6.07, 6.45) is 0.457. The van der Waals surface area contributed by atoms with E-state index in [4.69, 9.17) is 4.52 Å². The van der Waals surface area contributed by atoms with E-state index in [2.05, 4.69) is 27.3 Å². The molecule has 0 amide bonds. The van der Waals surface area contributed by atoms with Crippen LogP contribution in [-0.2, 0) is 6.42 Å². The molecular weight excluding hydrogens is 271 g/mol. The van der Waals surface area contributed by atoms with Gasteiger partial charge in [-0.25, -0.2) is 4.39 Å². The zero-order valence-electron chi connectivity index (χ0n) is 12.1. The quantitative estimate of drug-likeness (QED) is 0.930. The molecule has 6 heteroatoms. The number of benzene rings is 1. The van der Waals surface area contributed by atoms with Crippen molar-refractivity contribution in [2.24, 2.45) is 0 Å². The van der Waals surface area contributed by atoms with Crippen LogP contribution in [0.3, 0.4) is 0 Å². The lowest BCUT2D eigenvalue weighted by Gasteiger charge is -2.30. The molecule has 1 aromatic heterocycles. The number of piperazine rings is 1. The van der Waals surface area contributed by atoms with Crippen LogP contribution in [0, 0.1) is 5.82 Å². The van der Waals surface area contributed by atoms with Crippen molar-refractivity contribution in [2.45, 2.75) is 19.4 Å². The molecule has 21 heavy (non-hydrogen) atoms. The van der Waals surface area contributed by atoms with Gasteiger partial charge in [0.05, 0.1) is 12.5 Å². The van der Waals surface area contributed by atoms with Crippen molar-refractivity contribution in [3.8, 4) is 0 Å². The zero-order valence-corrected chi connectivity index (χ0v) is 12.1. The van der Waals surface area contributed by atoms with E-state index in [9.17, 15) is 4.39 Å². The van der Waals surface area contributed by atoms with E-state index in [-0.39, 0.29) is 11.9 Å². The van der Waals surface area contributed by atoms with Gasteiger partial charge in [0.2, 0.25) is 5.89 Å². The molecule has 2 aromatic rings. The Kier molecular flexibility index (Phi) is 4.26. The molecular formula is C15H19FN4O. The van der Waals surface area contributed by atoms with Gasteiger partial charge in [0.15, 0.2) is 5.82 Å². The van der Waals surface area contributed by atoms with Crippen LogP contribution in [0.15, 0.2) is 28.8 Å². The fourth-order valence-corrected chi connectivity index (χ4v) is 2.56. The Morgan fingerprint density at radius 2 is 2.19 bits per heavy atom. The minimum absolute atomic E-state index is 0.136. The van der Waals surface area contributed by atoms with E-state index >= 15 is 0 Å². The van der Waals surface area contributed by atoms with E-state index < -0.39 is 0 Å². The van der Waals surface area contributed by atoms with Gasteiger partial charge in [0.1, 0.15) is 5.82 Å². The maximum atomic E-state index is 13.2. The molecule has 0 spiro atoms. The van der Waals surface area contributed by atoms with Gasteiger partial charge >= 0.3 is 0 Å². The Morgan fingerprint density at radius 3 is 2.95 bits per heavy atom. The average Bonchev–Trinajstić information content (AvgIpc) is 2.96. The summed E-state index contributed by atoms with van der Waals surface area (Å²) in [4.78, 5) is 6.77. The van der Waals surface area contributed by atoms with Crippen LogP contribution >= 0.6 is 0 Å². The lowest BCUT2D eigenvalue weighted by Crippen LogP contribution is -2.44. The largest absolute Gasteiger partial charge is 0.339 e. The van der Waals surface area contributed by atoms with Crippen LogP contribution in [-0.4, -0.2) is 41.2 Å². The molecule has 0 bridgehead atoms. The molecule has 1 saturated heterocycles. The van der Waals surface area contributed by atoms with Crippen LogP contribution in [0.5, 0.6) is 0 Å². The summed E-state index contributed by atoms with van der Waals surface area (Å²) in [5.41, 5.74) is 0.833. The van der Waals surface area contributed by atoms with Crippen molar-refractivity contribution in [3.63, 3.8) is 0 Å². The zero-order chi connectivity index (χ0) is 14.7. The van der Waals surface area contributed by atoms with Gasteiger partial charge in [-0.15, -0.1) is 0 Å². The van der Waals surface area contributed by atoms with Crippen LogP contribution < -0.4 is 5.32 Å². The molecule has 0 radical (unpaired) electrons. The third-order valence-corrected chi connectivity index (χ3v) is 3.80. The predicted molar refractivity (Wildman–Crippen MR) is 76.4 cm³/mol. The first-order valence-corrected chi connectivity index (χ1v) is 7.24. The Balaban J connectivity index is 1.68. The normalized spacial score (nSPS) is 17.8. The van der Waals surface area contributed by atoms with Crippen LogP contribution in [0.1, 0.15) is 30.2 Å². The minimum atomic E-state index is -0.249. The third-order valence-electron chi connectivity index (χ3n) is 3.80. The first kappa shape index (κ1) is 14.2. The monoisotopic (exact) mass is 290 g/mol. The number of hydrogen-bond donors (Lipinski definition) is 1. The highest BCUT2D eigenvalue weighted by atomic mass is 19.1. The van der Waals surface area contributed by atoms with Crippen LogP contribution in [0.2, 0.25) is 0 Å². The van der Waals surface area contributed by atoms with Gasteiger partial charge in [0, 0.05) is 26.2 Å². The Labute approximate surface area is 123 Å². The standard InChI is InChI=1S/C15H19FN4O/c1-11(20-7-5-17-6-8-20)15-18-14(21-19-15)10-12-3-2-4-13(16)9-12/h2-4,9,11,17H,5-8,10H2,1H3. The highest BCUT2D eigenvalue weighted by molar-refractivity contribution is 5.19. The first-order valence-electron chi connectivity index (χ1n) is 7.24. The molecule has 0 saturated carbocycles. The lowest BCUT2D eigenvalue weighted by molar-refractivity contribution is 0.176. The molecule has 1 N–H and O–H groups in total. The summed E-state index contributed by atoms with van der Waals surface area (Å²) < 4.78 is 18.5. The summed E-state index contributed by atoms with van der Waals surface area (Å²) in [5, 5.41) is 7.39.